The minimum atomic E-state index is -1.03. The van der Waals surface area contributed by atoms with Crippen molar-refractivity contribution in [3.05, 3.63) is 46.4 Å². The quantitative estimate of drug-likeness (QED) is 0.716. The van der Waals surface area contributed by atoms with Gasteiger partial charge in [0.15, 0.2) is 0 Å². The van der Waals surface area contributed by atoms with Crippen molar-refractivity contribution in [2.75, 3.05) is 5.32 Å². The van der Waals surface area contributed by atoms with E-state index in [0.29, 0.717) is 11.4 Å². The van der Waals surface area contributed by atoms with E-state index in [9.17, 15) is 14.4 Å². The number of nitrogens with zero attached hydrogens (tertiary/aromatic N) is 2. The highest BCUT2D eigenvalue weighted by Crippen LogP contribution is 2.14. The van der Waals surface area contributed by atoms with Crippen LogP contribution >= 0.6 is 0 Å². The fraction of sp³-hybridized carbons (Fsp3) is 0.312. The van der Waals surface area contributed by atoms with E-state index >= 15 is 0 Å². The second-order valence-corrected chi connectivity index (χ2v) is 5.46. The van der Waals surface area contributed by atoms with Crippen molar-refractivity contribution >= 4 is 17.6 Å². The summed E-state index contributed by atoms with van der Waals surface area (Å²) in [5.74, 6) is -1.61. The topological polar surface area (TPSA) is 119 Å². The molecule has 1 heterocycles. The maximum Gasteiger partial charge on any atom is 0.303 e. The molecule has 0 radical (unpaired) electrons. The zero-order valence-electron chi connectivity index (χ0n) is 13.5. The second kappa shape index (κ2) is 7.14. The van der Waals surface area contributed by atoms with Crippen LogP contribution in [0.2, 0.25) is 0 Å². The summed E-state index contributed by atoms with van der Waals surface area (Å²) in [5.41, 5.74) is 6.68. The summed E-state index contributed by atoms with van der Waals surface area (Å²) in [6, 6.07) is 8.03. The molecule has 1 aromatic heterocycles. The van der Waals surface area contributed by atoms with Gasteiger partial charge in [-0.05, 0) is 25.5 Å². The molecule has 1 aromatic carbocycles. The standard InChI is InChI=1S/C16H20N4O4/c1-10-14(18-15(23)12(17)8-9-13(21)22)16(24)20(19(10)2)11-6-4-3-5-7-11/h3-7,12H,8-9,17H2,1-2H3,(H,18,23)(H,21,22). The number of benzene rings is 1. The molecule has 8 nitrogen and oxygen atoms in total. The number of aliphatic carboxylic acids is 1. The third-order valence-electron chi connectivity index (χ3n) is 3.81. The van der Waals surface area contributed by atoms with Gasteiger partial charge >= 0.3 is 5.97 Å². The highest BCUT2D eigenvalue weighted by molar-refractivity contribution is 5.95. The molecule has 2 aromatic rings. The zero-order valence-corrected chi connectivity index (χ0v) is 13.5. The van der Waals surface area contributed by atoms with Crippen LogP contribution in [0.5, 0.6) is 0 Å². The van der Waals surface area contributed by atoms with Crippen LogP contribution < -0.4 is 16.6 Å². The van der Waals surface area contributed by atoms with Crippen LogP contribution in [0, 0.1) is 6.92 Å². The molecule has 0 aliphatic heterocycles. The average molecular weight is 332 g/mol. The van der Waals surface area contributed by atoms with Gasteiger partial charge in [-0.2, -0.15) is 0 Å². The SMILES string of the molecule is Cc1c(NC(=O)C(N)CCC(=O)O)c(=O)n(-c2ccccc2)n1C. The van der Waals surface area contributed by atoms with Crippen LogP contribution in [-0.2, 0) is 16.6 Å². The summed E-state index contributed by atoms with van der Waals surface area (Å²) in [6.07, 6.45) is -0.212. The molecule has 1 unspecified atom stereocenters. The third-order valence-corrected chi connectivity index (χ3v) is 3.81. The second-order valence-electron chi connectivity index (χ2n) is 5.46. The van der Waals surface area contributed by atoms with Gasteiger partial charge in [0.05, 0.1) is 17.4 Å². The number of carbonyl (C=O) groups excluding carboxylic acids is 1. The Kier molecular flexibility index (Phi) is 5.20. The number of carboxylic acid groups (broad SMARTS) is 1. The summed E-state index contributed by atoms with van der Waals surface area (Å²) < 4.78 is 3.07. The van der Waals surface area contributed by atoms with E-state index in [0.717, 1.165) is 0 Å². The van der Waals surface area contributed by atoms with Crippen molar-refractivity contribution in [3.63, 3.8) is 0 Å². The van der Waals surface area contributed by atoms with Crippen molar-refractivity contribution in [1.29, 1.82) is 0 Å². The van der Waals surface area contributed by atoms with E-state index in [1.807, 2.05) is 18.2 Å². The fourth-order valence-corrected chi connectivity index (χ4v) is 2.34. The van der Waals surface area contributed by atoms with E-state index in [4.69, 9.17) is 10.8 Å². The molecule has 128 valence electrons. The molecule has 0 aliphatic carbocycles. The van der Waals surface area contributed by atoms with Crippen LogP contribution in [0.15, 0.2) is 35.1 Å². The number of nitrogens with two attached hydrogens (primary N) is 1. The molecule has 4 N–H and O–H groups in total. The first-order valence-electron chi connectivity index (χ1n) is 7.45. The molecule has 0 saturated heterocycles. The number of rotatable bonds is 6. The molecular formula is C16H20N4O4. The largest absolute Gasteiger partial charge is 0.481 e. The molecule has 1 atom stereocenters. The van der Waals surface area contributed by atoms with Gasteiger partial charge in [0.2, 0.25) is 5.91 Å². The normalized spacial score (nSPS) is 12.0. The van der Waals surface area contributed by atoms with Crippen molar-refractivity contribution in [1.82, 2.24) is 9.36 Å². The minimum Gasteiger partial charge on any atom is -0.481 e. The number of amides is 1. The number of nitrogens with one attached hydrogen (secondary N) is 1. The van der Waals surface area contributed by atoms with Crippen molar-refractivity contribution in [2.24, 2.45) is 12.8 Å². The number of hydrogen-bond acceptors (Lipinski definition) is 4. The maximum absolute atomic E-state index is 12.6. The van der Waals surface area contributed by atoms with E-state index in [1.165, 1.54) is 4.68 Å². The number of carboxylic acids is 1. The van der Waals surface area contributed by atoms with Crippen LogP contribution in [0.3, 0.4) is 0 Å². The lowest BCUT2D eigenvalue weighted by Crippen LogP contribution is -2.37. The Hall–Kier alpha value is -2.87. The van der Waals surface area contributed by atoms with E-state index in [1.54, 1.807) is 30.8 Å². The Labute approximate surface area is 138 Å². The van der Waals surface area contributed by atoms with Gasteiger partial charge in [0, 0.05) is 13.5 Å². The predicted molar refractivity (Wildman–Crippen MR) is 89.2 cm³/mol. The van der Waals surface area contributed by atoms with Crippen LogP contribution in [0.4, 0.5) is 5.69 Å². The van der Waals surface area contributed by atoms with Crippen molar-refractivity contribution in [3.8, 4) is 5.69 Å². The Morgan fingerprint density at radius 1 is 1.29 bits per heavy atom. The van der Waals surface area contributed by atoms with Crippen molar-refractivity contribution in [2.45, 2.75) is 25.8 Å². The van der Waals surface area contributed by atoms with Crippen LogP contribution in [0.25, 0.3) is 5.69 Å². The highest BCUT2D eigenvalue weighted by atomic mass is 16.4. The summed E-state index contributed by atoms with van der Waals surface area (Å²) >= 11 is 0. The molecule has 24 heavy (non-hydrogen) atoms. The number of hydrogen-bond donors (Lipinski definition) is 3. The van der Waals surface area contributed by atoms with Gasteiger partial charge in [-0.25, -0.2) is 4.68 Å². The first-order valence-corrected chi connectivity index (χ1v) is 7.45. The van der Waals surface area contributed by atoms with Gasteiger partial charge in [-0.3, -0.25) is 19.1 Å². The van der Waals surface area contributed by atoms with Gasteiger partial charge in [0.25, 0.3) is 5.56 Å². The molecule has 0 bridgehead atoms. The lowest BCUT2D eigenvalue weighted by atomic mass is 10.1. The lowest BCUT2D eigenvalue weighted by molar-refractivity contribution is -0.137. The van der Waals surface area contributed by atoms with Gasteiger partial charge in [-0.1, -0.05) is 18.2 Å². The Balaban J connectivity index is 2.28. The van der Waals surface area contributed by atoms with Crippen molar-refractivity contribution < 1.29 is 14.7 Å². The Bertz CT molecular complexity index is 807. The van der Waals surface area contributed by atoms with Crippen LogP contribution in [0.1, 0.15) is 18.5 Å². The molecule has 0 fully saturated rings. The lowest BCUT2D eigenvalue weighted by Gasteiger charge is -2.10. The summed E-state index contributed by atoms with van der Waals surface area (Å²) in [5, 5.41) is 11.2. The summed E-state index contributed by atoms with van der Waals surface area (Å²) in [4.78, 5) is 35.3. The monoisotopic (exact) mass is 332 g/mol. The highest BCUT2D eigenvalue weighted by Gasteiger charge is 2.21. The maximum atomic E-state index is 12.6. The van der Waals surface area contributed by atoms with E-state index < -0.39 is 17.9 Å². The summed E-state index contributed by atoms with van der Waals surface area (Å²) in [7, 11) is 1.71. The molecule has 0 aliphatic rings. The predicted octanol–water partition coefficient (Wildman–Crippen LogP) is 0.615. The van der Waals surface area contributed by atoms with Gasteiger partial charge < -0.3 is 16.2 Å². The fourth-order valence-electron chi connectivity index (χ4n) is 2.34. The molecule has 0 spiro atoms. The molecule has 2 rings (SSSR count). The number of para-hydroxylation sites is 1. The van der Waals surface area contributed by atoms with E-state index in [2.05, 4.69) is 5.32 Å². The smallest absolute Gasteiger partial charge is 0.303 e. The molecule has 8 heteroatoms. The Morgan fingerprint density at radius 3 is 2.50 bits per heavy atom. The average Bonchev–Trinajstić information content (AvgIpc) is 2.76. The molecule has 0 saturated carbocycles. The first kappa shape index (κ1) is 17.5. The third kappa shape index (κ3) is 3.54. The minimum absolute atomic E-state index is 0.0000758. The number of carbonyl (C=O) groups is 2. The van der Waals surface area contributed by atoms with Gasteiger partial charge in [-0.15, -0.1) is 0 Å². The van der Waals surface area contributed by atoms with Gasteiger partial charge in [0.1, 0.15) is 5.69 Å². The summed E-state index contributed by atoms with van der Waals surface area (Å²) in [6.45, 7) is 1.71. The molecule has 1 amide bonds. The zero-order chi connectivity index (χ0) is 17.9. The van der Waals surface area contributed by atoms with E-state index in [-0.39, 0.29) is 24.1 Å². The van der Waals surface area contributed by atoms with Crippen LogP contribution in [-0.4, -0.2) is 32.4 Å². The number of aromatic nitrogens is 2. The number of anilines is 1. The molecular weight excluding hydrogens is 312 g/mol. The Morgan fingerprint density at radius 2 is 1.92 bits per heavy atom. The first-order chi connectivity index (χ1) is 11.3.